The lowest BCUT2D eigenvalue weighted by Crippen LogP contribution is -2.26. The van der Waals surface area contributed by atoms with Gasteiger partial charge in [-0.2, -0.15) is 4.79 Å². The molecule has 0 amide bonds. The summed E-state index contributed by atoms with van der Waals surface area (Å²) >= 11 is 1.66. The Hall–Kier alpha value is -1.81. The maximum Gasteiger partial charge on any atom is 0.328 e. The van der Waals surface area contributed by atoms with Gasteiger partial charge in [-0.25, -0.2) is 0 Å². The van der Waals surface area contributed by atoms with E-state index in [0.29, 0.717) is 18.9 Å². The van der Waals surface area contributed by atoms with Gasteiger partial charge in [0.1, 0.15) is 5.76 Å². The monoisotopic (exact) mass is 372 g/mol. The molecule has 0 heterocycles. The van der Waals surface area contributed by atoms with Gasteiger partial charge in [-0.15, -0.1) is 0 Å². The van der Waals surface area contributed by atoms with Crippen LogP contribution in [0.2, 0.25) is 0 Å². The number of hydrogen-bond acceptors (Lipinski definition) is 3. The topological polar surface area (TPSA) is 54.9 Å². The molecule has 0 spiro atoms. The van der Waals surface area contributed by atoms with Crippen molar-refractivity contribution in [2.75, 3.05) is 13.2 Å². The third-order valence-electron chi connectivity index (χ3n) is 4.10. The zero-order valence-corrected chi connectivity index (χ0v) is 16.7. The van der Waals surface area contributed by atoms with Crippen molar-refractivity contribution in [2.24, 2.45) is 0 Å². The molecule has 2 rings (SSSR count). The molecule has 0 N–H and O–H groups in total. The van der Waals surface area contributed by atoms with E-state index >= 15 is 0 Å². The van der Waals surface area contributed by atoms with Crippen molar-refractivity contribution in [2.45, 2.75) is 57.5 Å². The Kier molecular flexibility index (Phi) is 8.69. The van der Waals surface area contributed by atoms with Crippen molar-refractivity contribution in [3.8, 4) is 0 Å². The van der Waals surface area contributed by atoms with Gasteiger partial charge in [-0.05, 0) is 37.5 Å². The predicted octanol–water partition coefficient (Wildman–Crippen LogP) is 5.54. The average Bonchev–Trinajstić information content (AvgIpc) is 2.65. The summed E-state index contributed by atoms with van der Waals surface area (Å²) in [6, 6.07) is 8.28. The first-order valence-electron chi connectivity index (χ1n) is 9.33. The summed E-state index contributed by atoms with van der Waals surface area (Å²) in [5, 5.41) is 0. The van der Waals surface area contributed by atoms with E-state index in [4.69, 9.17) is 9.47 Å². The van der Waals surface area contributed by atoms with Gasteiger partial charge < -0.3 is 15.0 Å². The van der Waals surface area contributed by atoms with E-state index in [9.17, 15) is 5.53 Å². The molecule has 4 nitrogen and oxygen atoms in total. The number of nitrogens with zero attached hydrogens (tertiary/aromatic N) is 2. The van der Waals surface area contributed by atoms with Crippen molar-refractivity contribution in [3.63, 3.8) is 0 Å². The van der Waals surface area contributed by atoms with Gasteiger partial charge in [0, 0.05) is 11.5 Å². The second kappa shape index (κ2) is 11.0. The Balaban J connectivity index is 2.24. The average molecular weight is 373 g/mol. The van der Waals surface area contributed by atoms with Crippen LogP contribution in [0.15, 0.2) is 52.0 Å². The van der Waals surface area contributed by atoms with Crippen molar-refractivity contribution in [3.05, 3.63) is 58.2 Å². The highest BCUT2D eigenvalue weighted by atomic mass is 32.2. The summed E-state index contributed by atoms with van der Waals surface area (Å²) < 4.78 is 11.9. The first kappa shape index (κ1) is 20.5. The van der Waals surface area contributed by atoms with Crippen LogP contribution >= 0.6 is 11.8 Å². The van der Waals surface area contributed by atoms with E-state index in [1.165, 1.54) is 10.5 Å². The second-order valence-electron chi connectivity index (χ2n) is 6.28. The molecule has 1 atom stereocenters. The van der Waals surface area contributed by atoms with E-state index in [0.717, 1.165) is 36.3 Å². The summed E-state index contributed by atoms with van der Waals surface area (Å²) in [5.41, 5.74) is 11.1. The fourth-order valence-corrected chi connectivity index (χ4v) is 3.50. The summed E-state index contributed by atoms with van der Waals surface area (Å²) in [4.78, 5) is 5.61. The number of unbranched alkanes of at least 4 members (excludes halogenated alkanes) is 2. The molecule has 0 aromatic heterocycles. The Labute approximate surface area is 160 Å². The maximum atomic E-state index is 9.40. The van der Waals surface area contributed by atoms with Crippen LogP contribution < -0.4 is 0 Å². The fourth-order valence-electron chi connectivity index (χ4n) is 2.48. The first-order chi connectivity index (χ1) is 12.7. The second-order valence-corrected chi connectivity index (χ2v) is 7.36. The highest BCUT2D eigenvalue weighted by Gasteiger charge is 2.29. The molecular formula is C21H28N2O2S. The lowest BCUT2D eigenvalue weighted by Gasteiger charge is -2.20. The molecule has 26 heavy (non-hydrogen) atoms. The smallest absolute Gasteiger partial charge is 0.328 e. The molecule has 0 saturated carbocycles. The summed E-state index contributed by atoms with van der Waals surface area (Å²) in [5.74, 6) is 0.745. The van der Waals surface area contributed by atoms with Crippen LogP contribution in [0.1, 0.15) is 45.1 Å². The molecule has 1 aliphatic rings. The molecule has 140 valence electrons. The first-order valence-corrected chi connectivity index (χ1v) is 10.1. The molecule has 1 unspecified atom stereocenters. The molecular weight excluding hydrogens is 344 g/mol. The lowest BCUT2D eigenvalue weighted by atomic mass is 10.1. The number of ether oxygens (including phenoxy) is 2. The van der Waals surface area contributed by atoms with Crippen LogP contribution in [0, 0.1) is 6.92 Å². The Morgan fingerprint density at radius 1 is 1.12 bits per heavy atom. The number of hydrogen-bond donors (Lipinski definition) is 0. The molecule has 1 aromatic carbocycles. The minimum Gasteiger partial charge on any atom is -0.492 e. The van der Waals surface area contributed by atoms with Gasteiger partial charge in [-0.3, -0.25) is 0 Å². The van der Waals surface area contributed by atoms with Crippen LogP contribution in [0.25, 0.3) is 5.53 Å². The highest BCUT2D eigenvalue weighted by molar-refractivity contribution is 8.03. The minimum atomic E-state index is -0.350. The fraction of sp³-hybridized carbons (Fsp3) is 0.476. The van der Waals surface area contributed by atoms with Gasteiger partial charge in [0.2, 0.25) is 0 Å². The Bertz CT molecular complexity index is 706. The van der Waals surface area contributed by atoms with Crippen molar-refractivity contribution in [1.82, 2.24) is 0 Å². The van der Waals surface area contributed by atoms with E-state index in [1.807, 2.05) is 18.2 Å². The Morgan fingerprint density at radius 2 is 1.85 bits per heavy atom. The Morgan fingerprint density at radius 3 is 2.54 bits per heavy atom. The minimum absolute atomic E-state index is 0.350. The van der Waals surface area contributed by atoms with Crippen molar-refractivity contribution < 1.29 is 14.3 Å². The summed E-state index contributed by atoms with van der Waals surface area (Å²) in [7, 11) is 0. The predicted molar refractivity (Wildman–Crippen MR) is 107 cm³/mol. The number of benzene rings is 1. The molecule has 5 heteroatoms. The van der Waals surface area contributed by atoms with Crippen LogP contribution in [-0.2, 0) is 9.47 Å². The molecule has 1 aromatic rings. The number of aryl methyl sites for hydroxylation is 1. The van der Waals surface area contributed by atoms with E-state index in [1.54, 1.807) is 17.8 Å². The molecule has 0 bridgehead atoms. The van der Waals surface area contributed by atoms with Crippen LogP contribution in [0.3, 0.4) is 0 Å². The van der Waals surface area contributed by atoms with E-state index in [-0.39, 0.29) is 6.10 Å². The van der Waals surface area contributed by atoms with Crippen molar-refractivity contribution >= 4 is 17.5 Å². The van der Waals surface area contributed by atoms with Crippen molar-refractivity contribution in [1.29, 1.82) is 0 Å². The highest BCUT2D eigenvalue weighted by Crippen LogP contribution is 2.36. The summed E-state index contributed by atoms with van der Waals surface area (Å²) in [6.45, 7) is 7.64. The van der Waals surface area contributed by atoms with Crippen LogP contribution in [-0.4, -0.2) is 29.8 Å². The molecule has 0 aliphatic heterocycles. The normalized spacial score (nSPS) is 16.7. The van der Waals surface area contributed by atoms with Crippen LogP contribution in [0.4, 0.5) is 0 Å². The molecule has 1 aliphatic carbocycles. The quantitative estimate of drug-likeness (QED) is 0.308. The van der Waals surface area contributed by atoms with Gasteiger partial charge in [0.15, 0.2) is 6.10 Å². The maximum absolute atomic E-state index is 9.40. The SMILES string of the molecule is CCCCOC1=CC(=[N+]=[N-])C(OCCCC)C=C1Sc1ccccc1C. The molecule has 0 radical (unpaired) electrons. The third-order valence-corrected chi connectivity index (χ3v) is 5.33. The number of rotatable bonds is 10. The zero-order valence-electron chi connectivity index (χ0n) is 15.9. The van der Waals surface area contributed by atoms with Gasteiger partial charge in [0.05, 0.1) is 17.6 Å². The van der Waals surface area contributed by atoms with Gasteiger partial charge in [0.25, 0.3) is 0 Å². The molecule has 0 saturated heterocycles. The third kappa shape index (κ3) is 5.87. The molecule has 0 fully saturated rings. The zero-order chi connectivity index (χ0) is 18.8. The van der Waals surface area contributed by atoms with Gasteiger partial charge in [-0.1, -0.05) is 56.7 Å². The van der Waals surface area contributed by atoms with Gasteiger partial charge >= 0.3 is 5.71 Å². The summed E-state index contributed by atoms with van der Waals surface area (Å²) in [6.07, 6.45) is 7.55. The van der Waals surface area contributed by atoms with Crippen LogP contribution in [0.5, 0.6) is 0 Å². The van der Waals surface area contributed by atoms with E-state index in [2.05, 4.69) is 37.7 Å². The standard InChI is InChI=1S/C21H28N2O2S/c1-4-6-12-24-18-15-21(26-20-11-9-8-10-16(20)3)19(14-17(18)23-22)25-13-7-5-2/h8-11,14-15,18H,4-7,12-13H2,1-3H3. The van der Waals surface area contributed by atoms with E-state index < -0.39 is 0 Å². The lowest BCUT2D eigenvalue weighted by molar-refractivity contribution is -0.0233. The largest absolute Gasteiger partial charge is 0.492 e. The number of thioether (sulfide) groups is 1.